The maximum absolute atomic E-state index is 12.7. The molecule has 0 saturated carbocycles. The average Bonchev–Trinajstić information content (AvgIpc) is 2.14. The first kappa shape index (κ1) is 10.8. The third-order valence-electron chi connectivity index (χ3n) is 1.70. The lowest BCUT2D eigenvalue weighted by Gasteiger charge is -2.06. The summed E-state index contributed by atoms with van der Waals surface area (Å²) in [6.45, 7) is 4.09. The van der Waals surface area contributed by atoms with Crippen molar-refractivity contribution in [2.24, 2.45) is 0 Å². The number of rotatable bonds is 4. The van der Waals surface area contributed by atoms with Crippen molar-refractivity contribution >= 4 is 5.78 Å². The van der Waals surface area contributed by atoms with E-state index in [0.29, 0.717) is 5.56 Å². The Labute approximate surface area is 82.4 Å². The smallest absolute Gasteiger partial charge is 0.178 e. The van der Waals surface area contributed by atoms with E-state index in [0.717, 1.165) is 6.20 Å². The van der Waals surface area contributed by atoms with Gasteiger partial charge in [-0.05, 0) is 6.07 Å². The second-order valence-electron chi connectivity index (χ2n) is 3.35. The number of hydrogen-bond acceptors (Lipinski definition) is 3. The number of aromatic nitrogens is 1. The lowest BCUT2D eigenvalue weighted by atomic mass is 10.2. The fourth-order valence-corrected chi connectivity index (χ4v) is 0.963. The molecule has 1 aromatic rings. The van der Waals surface area contributed by atoms with Crippen LogP contribution in [-0.4, -0.2) is 23.4 Å². The lowest BCUT2D eigenvalue weighted by Crippen LogP contribution is -2.29. The quantitative estimate of drug-likeness (QED) is 0.740. The predicted octanol–water partition coefficient (Wildman–Crippen LogP) is 1.40. The molecule has 0 aliphatic carbocycles. The van der Waals surface area contributed by atoms with Gasteiger partial charge in [-0.25, -0.2) is 4.39 Å². The highest BCUT2D eigenvalue weighted by Gasteiger charge is 2.07. The van der Waals surface area contributed by atoms with Gasteiger partial charge in [-0.1, -0.05) is 13.8 Å². The molecule has 1 rings (SSSR count). The van der Waals surface area contributed by atoms with E-state index in [9.17, 15) is 9.18 Å². The number of Topliss-reactive ketones (excluding diaryl/α,β-unsaturated/α-hetero) is 1. The molecule has 0 radical (unpaired) electrons. The van der Waals surface area contributed by atoms with Crippen LogP contribution < -0.4 is 5.32 Å². The summed E-state index contributed by atoms with van der Waals surface area (Å²) in [5.74, 6) is -0.633. The van der Waals surface area contributed by atoms with Crippen molar-refractivity contribution in [1.82, 2.24) is 10.3 Å². The Hall–Kier alpha value is -1.29. The highest BCUT2D eigenvalue weighted by molar-refractivity contribution is 5.97. The van der Waals surface area contributed by atoms with Gasteiger partial charge in [0, 0.05) is 17.8 Å². The van der Waals surface area contributed by atoms with Gasteiger partial charge < -0.3 is 5.32 Å². The van der Waals surface area contributed by atoms with Crippen LogP contribution in [0.4, 0.5) is 4.39 Å². The second kappa shape index (κ2) is 4.81. The number of hydrogen-bond donors (Lipinski definition) is 1. The molecule has 0 unspecified atom stereocenters. The minimum Gasteiger partial charge on any atom is -0.307 e. The normalized spacial score (nSPS) is 10.6. The fraction of sp³-hybridized carbons (Fsp3) is 0.400. The Morgan fingerprint density at radius 1 is 1.57 bits per heavy atom. The van der Waals surface area contributed by atoms with Gasteiger partial charge in [0.05, 0.1) is 12.7 Å². The number of pyridine rings is 1. The Morgan fingerprint density at radius 2 is 2.29 bits per heavy atom. The van der Waals surface area contributed by atoms with Gasteiger partial charge in [-0.15, -0.1) is 0 Å². The third-order valence-corrected chi connectivity index (χ3v) is 1.70. The van der Waals surface area contributed by atoms with E-state index < -0.39 is 5.82 Å². The van der Waals surface area contributed by atoms with Crippen molar-refractivity contribution in [1.29, 1.82) is 0 Å². The van der Waals surface area contributed by atoms with Crippen LogP contribution in [0.15, 0.2) is 18.5 Å². The summed E-state index contributed by atoms with van der Waals surface area (Å²) in [7, 11) is 0. The summed E-state index contributed by atoms with van der Waals surface area (Å²) < 4.78 is 12.7. The Kier molecular flexibility index (Phi) is 3.71. The van der Waals surface area contributed by atoms with Crippen LogP contribution in [0.25, 0.3) is 0 Å². The fourth-order valence-electron chi connectivity index (χ4n) is 0.963. The summed E-state index contributed by atoms with van der Waals surface area (Å²) in [5, 5.41) is 2.96. The van der Waals surface area contributed by atoms with Gasteiger partial charge in [0.1, 0.15) is 5.82 Å². The van der Waals surface area contributed by atoms with E-state index in [1.54, 1.807) is 0 Å². The number of carbonyl (C=O) groups excluding carboxylic acids is 1. The standard InChI is InChI=1S/C10H13FN2O/c1-7(2)13-6-10(14)8-3-9(11)5-12-4-8/h3-5,7,13H,6H2,1-2H3. The van der Waals surface area contributed by atoms with E-state index >= 15 is 0 Å². The van der Waals surface area contributed by atoms with Gasteiger partial charge in [0.2, 0.25) is 0 Å². The molecule has 0 spiro atoms. The van der Waals surface area contributed by atoms with Crippen LogP contribution in [0, 0.1) is 5.82 Å². The number of nitrogens with zero attached hydrogens (tertiary/aromatic N) is 1. The van der Waals surface area contributed by atoms with E-state index in [-0.39, 0.29) is 18.4 Å². The number of halogens is 1. The average molecular weight is 196 g/mol. The van der Waals surface area contributed by atoms with Crippen LogP contribution in [0.1, 0.15) is 24.2 Å². The van der Waals surface area contributed by atoms with Crippen LogP contribution in [-0.2, 0) is 0 Å². The van der Waals surface area contributed by atoms with Crippen molar-refractivity contribution in [3.8, 4) is 0 Å². The molecule has 0 bridgehead atoms. The Bertz CT molecular complexity index is 326. The molecule has 1 aromatic heterocycles. The summed E-state index contributed by atoms with van der Waals surface area (Å²) in [5.41, 5.74) is 0.304. The molecule has 0 atom stereocenters. The van der Waals surface area contributed by atoms with Crippen molar-refractivity contribution in [2.75, 3.05) is 6.54 Å². The second-order valence-corrected chi connectivity index (χ2v) is 3.35. The zero-order chi connectivity index (χ0) is 10.6. The first-order valence-corrected chi connectivity index (χ1v) is 4.46. The largest absolute Gasteiger partial charge is 0.307 e. The number of ketones is 1. The topological polar surface area (TPSA) is 42.0 Å². The lowest BCUT2D eigenvalue weighted by molar-refractivity contribution is 0.0987. The molecular formula is C10H13FN2O. The summed E-state index contributed by atoms with van der Waals surface area (Å²) in [4.78, 5) is 15.0. The van der Waals surface area contributed by atoms with Gasteiger partial charge in [-0.3, -0.25) is 9.78 Å². The molecule has 0 amide bonds. The zero-order valence-corrected chi connectivity index (χ0v) is 8.25. The van der Waals surface area contributed by atoms with Crippen molar-refractivity contribution in [3.63, 3.8) is 0 Å². The molecule has 0 aliphatic heterocycles. The van der Waals surface area contributed by atoms with Crippen molar-refractivity contribution in [2.45, 2.75) is 19.9 Å². The molecule has 14 heavy (non-hydrogen) atoms. The highest BCUT2D eigenvalue weighted by Crippen LogP contribution is 2.01. The Balaban J connectivity index is 2.61. The van der Waals surface area contributed by atoms with Gasteiger partial charge in [-0.2, -0.15) is 0 Å². The minimum absolute atomic E-state index is 0.147. The molecule has 0 fully saturated rings. The van der Waals surface area contributed by atoms with Gasteiger partial charge in [0.15, 0.2) is 5.78 Å². The minimum atomic E-state index is -0.486. The monoisotopic (exact) mass is 196 g/mol. The third kappa shape index (κ3) is 3.22. The SMILES string of the molecule is CC(C)NCC(=O)c1cncc(F)c1. The van der Waals surface area contributed by atoms with Crippen molar-refractivity contribution in [3.05, 3.63) is 29.8 Å². The first-order chi connectivity index (χ1) is 6.59. The molecular weight excluding hydrogens is 183 g/mol. The van der Waals surface area contributed by atoms with E-state index in [2.05, 4.69) is 10.3 Å². The maximum atomic E-state index is 12.7. The first-order valence-electron chi connectivity index (χ1n) is 4.46. The Morgan fingerprint density at radius 3 is 2.86 bits per heavy atom. The van der Waals surface area contributed by atoms with Crippen LogP contribution in [0.3, 0.4) is 0 Å². The van der Waals surface area contributed by atoms with E-state index in [4.69, 9.17) is 0 Å². The molecule has 0 aromatic carbocycles. The van der Waals surface area contributed by atoms with Crippen LogP contribution >= 0.6 is 0 Å². The molecule has 76 valence electrons. The van der Waals surface area contributed by atoms with Crippen LogP contribution in [0.5, 0.6) is 0 Å². The zero-order valence-electron chi connectivity index (χ0n) is 8.25. The molecule has 1 heterocycles. The summed E-state index contributed by atoms with van der Waals surface area (Å²) in [6.07, 6.45) is 2.44. The molecule has 1 N–H and O–H groups in total. The molecule has 0 saturated heterocycles. The molecule has 3 nitrogen and oxygen atoms in total. The van der Waals surface area contributed by atoms with Gasteiger partial charge in [0.25, 0.3) is 0 Å². The summed E-state index contributed by atoms with van der Waals surface area (Å²) >= 11 is 0. The number of carbonyl (C=O) groups is 1. The number of nitrogens with one attached hydrogen (secondary N) is 1. The molecule has 0 aliphatic rings. The van der Waals surface area contributed by atoms with Crippen molar-refractivity contribution < 1.29 is 9.18 Å². The predicted molar refractivity (Wildman–Crippen MR) is 51.7 cm³/mol. The van der Waals surface area contributed by atoms with E-state index in [1.807, 2.05) is 13.8 Å². The highest BCUT2D eigenvalue weighted by atomic mass is 19.1. The molecule has 4 heteroatoms. The maximum Gasteiger partial charge on any atom is 0.178 e. The van der Waals surface area contributed by atoms with Gasteiger partial charge >= 0.3 is 0 Å². The summed E-state index contributed by atoms with van der Waals surface area (Å²) in [6, 6.07) is 1.43. The van der Waals surface area contributed by atoms with E-state index in [1.165, 1.54) is 12.3 Å². The van der Waals surface area contributed by atoms with Crippen LogP contribution in [0.2, 0.25) is 0 Å².